The van der Waals surface area contributed by atoms with Crippen molar-refractivity contribution in [3.05, 3.63) is 52.9 Å². The molecule has 0 bridgehead atoms. The molecule has 4 heterocycles. The zero-order chi connectivity index (χ0) is 17.2. The Bertz CT molecular complexity index is 841. The first kappa shape index (κ1) is 16.2. The van der Waals surface area contributed by atoms with Crippen molar-refractivity contribution < 1.29 is 0 Å². The predicted molar refractivity (Wildman–Crippen MR) is 100.0 cm³/mol. The molecule has 0 amide bonds. The van der Waals surface area contributed by atoms with Crippen molar-refractivity contribution in [2.24, 2.45) is 7.05 Å². The fourth-order valence-electron chi connectivity index (χ4n) is 3.47. The lowest BCUT2D eigenvalue weighted by Gasteiger charge is -2.24. The first-order valence-corrected chi connectivity index (χ1v) is 9.43. The minimum absolute atomic E-state index is 0.359. The molecule has 0 aromatic carbocycles. The second-order valence-corrected chi connectivity index (χ2v) is 7.35. The van der Waals surface area contributed by atoms with Crippen molar-refractivity contribution in [1.82, 2.24) is 24.6 Å². The van der Waals surface area contributed by atoms with Crippen LogP contribution in [0.5, 0.6) is 0 Å². The molecule has 1 fully saturated rings. The molecule has 4 rings (SSSR count). The maximum atomic E-state index is 4.84. The third-order valence-corrected chi connectivity index (χ3v) is 5.32. The van der Waals surface area contributed by atoms with Crippen LogP contribution < -0.4 is 5.32 Å². The zero-order valence-electron chi connectivity index (χ0n) is 14.5. The molecule has 0 radical (unpaired) electrons. The van der Waals surface area contributed by atoms with Crippen LogP contribution >= 0.6 is 11.3 Å². The Kier molecular flexibility index (Phi) is 4.50. The summed E-state index contributed by atoms with van der Waals surface area (Å²) in [5.74, 6) is 0.858. The molecule has 0 saturated carbocycles. The molecule has 25 heavy (non-hydrogen) atoms. The summed E-state index contributed by atoms with van der Waals surface area (Å²) in [6.45, 7) is 4.11. The van der Waals surface area contributed by atoms with Gasteiger partial charge in [0.25, 0.3) is 0 Å². The smallest absolute Gasteiger partial charge is 0.188 e. The van der Waals surface area contributed by atoms with Gasteiger partial charge in [0.15, 0.2) is 5.13 Å². The molecule has 1 aliphatic rings. The third-order valence-electron chi connectivity index (χ3n) is 4.63. The molecule has 0 spiro atoms. The zero-order valence-corrected chi connectivity index (χ0v) is 15.3. The van der Waals surface area contributed by atoms with Crippen LogP contribution in [0.15, 0.2) is 36.0 Å². The van der Waals surface area contributed by atoms with Crippen molar-refractivity contribution in [2.45, 2.75) is 32.4 Å². The summed E-state index contributed by atoms with van der Waals surface area (Å²) in [6, 6.07) is 6.56. The fourth-order valence-corrected chi connectivity index (χ4v) is 4.01. The van der Waals surface area contributed by atoms with Gasteiger partial charge >= 0.3 is 0 Å². The van der Waals surface area contributed by atoms with Gasteiger partial charge in [-0.15, -0.1) is 11.3 Å². The molecule has 0 aliphatic carbocycles. The number of rotatable bonds is 5. The van der Waals surface area contributed by atoms with Gasteiger partial charge in [0, 0.05) is 36.9 Å². The van der Waals surface area contributed by atoms with Crippen LogP contribution in [0.4, 0.5) is 10.9 Å². The summed E-state index contributed by atoms with van der Waals surface area (Å²) >= 11 is 1.58. The van der Waals surface area contributed by atoms with Crippen LogP contribution in [0, 0.1) is 6.92 Å². The first-order chi connectivity index (χ1) is 12.2. The quantitative estimate of drug-likeness (QED) is 0.758. The minimum Gasteiger partial charge on any atom is -0.316 e. The van der Waals surface area contributed by atoms with E-state index in [1.54, 1.807) is 17.5 Å². The normalized spacial score (nSPS) is 17.9. The van der Waals surface area contributed by atoms with Gasteiger partial charge in [-0.05, 0) is 38.4 Å². The summed E-state index contributed by atoms with van der Waals surface area (Å²) in [5.41, 5.74) is 3.53. The first-order valence-electron chi connectivity index (χ1n) is 8.56. The van der Waals surface area contributed by atoms with E-state index < -0.39 is 0 Å². The predicted octanol–water partition coefficient (Wildman–Crippen LogP) is 3.66. The molecule has 3 aromatic rings. The fraction of sp³-hybridized carbons (Fsp3) is 0.389. The summed E-state index contributed by atoms with van der Waals surface area (Å²) in [4.78, 5) is 11.6. The Morgan fingerprint density at radius 3 is 3.04 bits per heavy atom. The summed E-state index contributed by atoms with van der Waals surface area (Å²) in [7, 11) is 1.98. The number of nitrogens with one attached hydrogen (secondary N) is 1. The summed E-state index contributed by atoms with van der Waals surface area (Å²) in [6.07, 6.45) is 6.27. The maximum Gasteiger partial charge on any atom is 0.188 e. The van der Waals surface area contributed by atoms with Gasteiger partial charge < -0.3 is 5.32 Å². The molecule has 1 saturated heterocycles. The number of anilines is 2. The van der Waals surface area contributed by atoms with E-state index in [-0.39, 0.29) is 0 Å². The Hall–Kier alpha value is -2.25. The number of thiazole rings is 1. The van der Waals surface area contributed by atoms with E-state index in [1.165, 1.54) is 12.0 Å². The number of hydrogen-bond donors (Lipinski definition) is 1. The van der Waals surface area contributed by atoms with E-state index >= 15 is 0 Å². The second-order valence-electron chi connectivity index (χ2n) is 6.45. The number of hydrogen-bond acceptors (Lipinski definition) is 6. The lowest BCUT2D eigenvalue weighted by Crippen LogP contribution is -2.23. The highest BCUT2D eigenvalue weighted by atomic mass is 32.1. The van der Waals surface area contributed by atoms with Crippen molar-refractivity contribution in [3.8, 4) is 0 Å². The molecular formula is C18H22N6S. The second kappa shape index (κ2) is 6.93. The van der Waals surface area contributed by atoms with Gasteiger partial charge in [-0.3, -0.25) is 9.58 Å². The number of nitrogens with zero attached hydrogens (tertiary/aromatic N) is 5. The number of pyridine rings is 1. The Labute approximate surface area is 151 Å². The topological polar surface area (TPSA) is 58.9 Å². The summed E-state index contributed by atoms with van der Waals surface area (Å²) in [5, 5.41) is 10.6. The Morgan fingerprint density at radius 2 is 2.28 bits per heavy atom. The van der Waals surface area contributed by atoms with Crippen molar-refractivity contribution in [1.29, 1.82) is 0 Å². The largest absolute Gasteiger partial charge is 0.316 e. The van der Waals surface area contributed by atoms with Crippen LogP contribution in [0.3, 0.4) is 0 Å². The van der Waals surface area contributed by atoms with Gasteiger partial charge in [0.05, 0.1) is 17.4 Å². The molecule has 1 aliphatic heterocycles. The highest BCUT2D eigenvalue weighted by molar-refractivity contribution is 7.13. The van der Waals surface area contributed by atoms with E-state index in [1.807, 2.05) is 23.2 Å². The lowest BCUT2D eigenvalue weighted by molar-refractivity contribution is 0.244. The van der Waals surface area contributed by atoms with Gasteiger partial charge in [-0.1, -0.05) is 6.07 Å². The van der Waals surface area contributed by atoms with E-state index in [4.69, 9.17) is 4.98 Å². The van der Waals surface area contributed by atoms with E-state index in [0.29, 0.717) is 6.04 Å². The van der Waals surface area contributed by atoms with E-state index in [2.05, 4.69) is 45.6 Å². The van der Waals surface area contributed by atoms with Crippen LogP contribution in [-0.4, -0.2) is 31.2 Å². The van der Waals surface area contributed by atoms with Gasteiger partial charge in [0.2, 0.25) is 0 Å². The highest BCUT2D eigenvalue weighted by Gasteiger charge is 2.28. The summed E-state index contributed by atoms with van der Waals surface area (Å²) < 4.78 is 1.90. The van der Waals surface area contributed by atoms with Crippen LogP contribution in [0.1, 0.15) is 35.8 Å². The monoisotopic (exact) mass is 354 g/mol. The molecule has 0 unspecified atom stereocenters. The van der Waals surface area contributed by atoms with Gasteiger partial charge in [0.1, 0.15) is 5.82 Å². The minimum atomic E-state index is 0.359. The third kappa shape index (κ3) is 3.57. The molecule has 6 nitrogen and oxygen atoms in total. The average Bonchev–Trinajstić information content (AvgIpc) is 3.31. The van der Waals surface area contributed by atoms with Crippen molar-refractivity contribution >= 4 is 22.3 Å². The lowest BCUT2D eigenvalue weighted by atomic mass is 10.1. The average molecular weight is 354 g/mol. The number of likely N-dealkylation sites (tertiary alicyclic amines) is 1. The van der Waals surface area contributed by atoms with Crippen molar-refractivity contribution in [3.63, 3.8) is 0 Å². The molecule has 1 N–H and O–H groups in total. The number of aromatic nitrogens is 4. The van der Waals surface area contributed by atoms with Crippen LogP contribution in [0.2, 0.25) is 0 Å². The molecule has 3 aromatic heterocycles. The Morgan fingerprint density at radius 1 is 1.36 bits per heavy atom. The molecule has 1 atom stereocenters. The SMILES string of the molecule is Cc1nn(C)cc1CN1CCC[C@H]1c1cccc(Nc2nccs2)n1. The van der Waals surface area contributed by atoms with Crippen LogP contribution in [0.25, 0.3) is 0 Å². The number of aryl methyl sites for hydroxylation is 2. The van der Waals surface area contributed by atoms with Crippen LogP contribution in [-0.2, 0) is 13.6 Å². The highest BCUT2D eigenvalue weighted by Crippen LogP contribution is 2.33. The van der Waals surface area contributed by atoms with E-state index in [9.17, 15) is 0 Å². The standard InChI is InChI=1S/C18H22N6S/c1-13-14(11-23(2)22-13)12-24-9-4-6-16(24)15-5-3-7-17(20-15)21-18-19-8-10-25-18/h3,5,7-8,10-11,16H,4,6,9,12H2,1-2H3,(H,19,20,21)/t16-/m0/s1. The Balaban J connectivity index is 1.52. The molecular weight excluding hydrogens is 332 g/mol. The van der Waals surface area contributed by atoms with E-state index in [0.717, 1.165) is 41.8 Å². The molecule has 7 heteroatoms. The maximum absolute atomic E-state index is 4.84. The molecule has 130 valence electrons. The van der Waals surface area contributed by atoms with Crippen molar-refractivity contribution in [2.75, 3.05) is 11.9 Å². The van der Waals surface area contributed by atoms with Gasteiger partial charge in [-0.2, -0.15) is 5.10 Å². The van der Waals surface area contributed by atoms with Gasteiger partial charge in [-0.25, -0.2) is 9.97 Å².